The molecule has 2 aromatic heterocycles. The van der Waals surface area contributed by atoms with E-state index in [1.807, 2.05) is 24.0 Å². The van der Waals surface area contributed by atoms with Crippen molar-refractivity contribution >= 4 is 34.4 Å². The lowest BCUT2D eigenvalue weighted by molar-refractivity contribution is -0.148. The van der Waals surface area contributed by atoms with Crippen LogP contribution in [0, 0.1) is 5.41 Å². The van der Waals surface area contributed by atoms with E-state index in [4.69, 9.17) is 9.47 Å². The van der Waals surface area contributed by atoms with Gasteiger partial charge in [0.05, 0.1) is 17.5 Å². The third kappa shape index (κ3) is 11.4. The molecule has 0 radical (unpaired) electrons. The lowest BCUT2D eigenvalue weighted by Gasteiger charge is -2.36. The number of carboxylic acid groups (broad SMARTS) is 1. The van der Waals surface area contributed by atoms with E-state index >= 15 is 0 Å². The number of hydrogen-bond acceptors (Lipinski definition) is 9. The molecule has 2 amide bonds. The first-order valence-corrected chi connectivity index (χ1v) is 20.6. The van der Waals surface area contributed by atoms with Crippen molar-refractivity contribution in [1.82, 2.24) is 30.2 Å². The highest BCUT2D eigenvalue weighted by molar-refractivity contribution is 5.95. The lowest BCUT2D eigenvalue weighted by atomic mass is 9.72. The van der Waals surface area contributed by atoms with E-state index in [0.717, 1.165) is 16.7 Å². The Morgan fingerprint density at radius 1 is 1.08 bits per heavy atom. The second kappa shape index (κ2) is 19.0. The number of carbonyl (C=O) groups excluding carboxylic acids is 2. The van der Waals surface area contributed by atoms with E-state index in [-0.39, 0.29) is 25.6 Å². The number of pyridine rings is 1. The van der Waals surface area contributed by atoms with E-state index in [1.54, 1.807) is 45.2 Å². The van der Waals surface area contributed by atoms with Crippen molar-refractivity contribution in [3.05, 3.63) is 59.4 Å². The van der Waals surface area contributed by atoms with Crippen LogP contribution in [0.1, 0.15) is 109 Å². The number of rotatable bonds is 14. The average molecular weight is 843 g/mol. The zero-order valence-corrected chi connectivity index (χ0v) is 36.0. The van der Waals surface area contributed by atoms with Gasteiger partial charge in [-0.05, 0) is 112 Å². The molecule has 5 rings (SSSR count). The number of hydrogen-bond donors (Lipinski definition) is 4. The highest BCUT2D eigenvalue weighted by Gasteiger charge is 2.38. The molecule has 1 aromatic carbocycles. The average Bonchev–Trinajstić information content (AvgIpc) is 3.47. The molecular formula is C44H61F3N6O7. The van der Waals surface area contributed by atoms with Crippen molar-refractivity contribution in [2.75, 3.05) is 39.9 Å². The van der Waals surface area contributed by atoms with Crippen LogP contribution in [0.25, 0.3) is 27.7 Å². The van der Waals surface area contributed by atoms with Gasteiger partial charge in [0.25, 0.3) is 5.91 Å². The molecular weight excluding hydrogens is 782 g/mol. The third-order valence-electron chi connectivity index (χ3n) is 11.1. The summed E-state index contributed by atoms with van der Waals surface area (Å²) < 4.78 is 56.5. The van der Waals surface area contributed by atoms with Crippen molar-refractivity contribution in [2.24, 2.45) is 5.41 Å². The van der Waals surface area contributed by atoms with Crippen LogP contribution in [0.3, 0.4) is 0 Å². The van der Waals surface area contributed by atoms with Crippen molar-refractivity contribution in [3.8, 4) is 11.3 Å². The largest absolute Gasteiger partial charge is 0.480 e. The van der Waals surface area contributed by atoms with Crippen LogP contribution in [0.2, 0.25) is 0 Å². The van der Waals surface area contributed by atoms with Gasteiger partial charge in [-0.1, -0.05) is 32.9 Å². The predicted molar refractivity (Wildman–Crippen MR) is 223 cm³/mol. The molecule has 16 heteroatoms. The zero-order chi connectivity index (χ0) is 44.2. The van der Waals surface area contributed by atoms with Crippen molar-refractivity contribution in [1.29, 1.82) is 0 Å². The standard InChI is InChI=1S/C44H61F3N6O7/c1-27(59-8)37-30(14-9-19-48-37)38-36(32(15-12-22-54)42(2,3)4)31-23-28(17-18-35(31)52(38)26-44(45,46)47)29-13-10-20-51(24-29)25-34(49-41(58)60-43(5,6)7)39(55)53-21-11-16-33(50-53)40(56)57/h9,13-14,17-19,23,27,32-34,50,54H,10-12,15-16,20-22,24-26H2,1-8H3,(H,49,58)(H,56,57)/t27-,32?,33-,34-/m0/s1. The quantitative estimate of drug-likeness (QED) is 0.129. The molecule has 1 unspecified atom stereocenters. The van der Waals surface area contributed by atoms with Gasteiger partial charge in [-0.25, -0.2) is 10.2 Å². The number of aliphatic carboxylic acids is 1. The number of ether oxygens (including phenoxy) is 2. The first-order chi connectivity index (χ1) is 28.1. The van der Waals surface area contributed by atoms with Crippen LogP contribution < -0.4 is 10.7 Å². The van der Waals surface area contributed by atoms with E-state index in [0.29, 0.717) is 73.0 Å². The van der Waals surface area contributed by atoms with Crippen LogP contribution >= 0.6 is 0 Å². The highest BCUT2D eigenvalue weighted by atomic mass is 19.4. The summed E-state index contributed by atoms with van der Waals surface area (Å²) in [4.78, 5) is 45.4. The van der Waals surface area contributed by atoms with Gasteiger partial charge in [0.2, 0.25) is 0 Å². The van der Waals surface area contributed by atoms with Crippen LogP contribution in [-0.2, 0) is 25.6 Å². The second-order valence-corrected chi connectivity index (χ2v) is 17.9. The Kier molecular flexibility index (Phi) is 14.8. The Bertz CT molecular complexity index is 2040. The van der Waals surface area contributed by atoms with E-state index in [1.165, 1.54) is 16.7 Å². The maximum atomic E-state index is 14.6. The molecule has 1 fully saturated rings. The molecule has 2 aliphatic heterocycles. The van der Waals surface area contributed by atoms with Gasteiger partial charge in [0.1, 0.15) is 24.2 Å². The van der Waals surface area contributed by atoms with Crippen molar-refractivity contribution in [3.63, 3.8) is 0 Å². The van der Waals surface area contributed by atoms with Gasteiger partial charge < -0.3 is 29.6 Å². The molecule has 4 heterocycles. The predicted octanol–water partition coefficient (Wildman–Crippen LogP) is 7.44. The Balaban J connectivity index is 1.60. The van der Waals surface area contributed by atoms with Gasteiger partial charge in [-0.2, -0.15) is 13.2 Å². The molecule has 0 bridgehead atoms. The van der Waals surface area contributed by atoms with Gasteiger partial charge in [-0.15, -0.1) is 0 Å². The molecule has 4 atom stereocenters. The number of benzene rings is 1. The summed E-state index contributed by atoms with van der Waals surface area (Å²) in [6.45, 7) is 13.1. The number of halogens is 3. The Morgan fingerprint density at radius 3 is 2.45 bits per heavy atom. The topological polar surface area (TPSA) is 158 Å². The van der Waals surface area contributed by atoms with E-state index in [9.17, 15) is 37.8 Å². The maximum Gasteiger partial charge on any atom is 0.408 e. The molecule has 13 nitrogen and oxygen atoms in total. The number of aliphatic hydroxyl groups is 1. The number of nitrogens with zero attached hydrogens (tertiary/aromatic N) is 4. The number of aliphatic hydroxyl groups excluding tert-OH is 1. The molecule has 0 saturated carbocycles. The van der Waals surface area contributed by atoms with Crippen LogP contribution in [0.15, 0.2) is 42.6 Å². The second-order valence-electron chi connectivity index (χ2n) is 17.9. The molecule has 1 saturated heterocycles. The first-order valence-electron chi connectivity index (χ1n) is 20.6. The lowest BCUT2D eigenvalue weighted by Crippen LogP contribution is -2.62. The summed E-state index contributed by atoms with van der Waals surface area (Å²) in [6.07, 6.45) is 0.200. The summed E-state index contributed by atoms with van der Waals surface area (Å²) in [7, 11) is 1.53. The smallest absolute Gasteiger partial charge is 0.408 e. The molecule has 4 N–H and O–H groups in total. The summed E-state index contributed by atoms with van der Waals surface area (Å²) in [5, 5.41) is 24.3. The number of carboxylic acids is 1. The highest BCUT2D eigenvalue weighted by Crippen LogP contribution is 2.49. The van der Waals surface area contributed by atoms with Gasteiger partial charge in [-0.3, -0.25) is 24.5 Å². The number of aromatic nitrogens is 2. The number of alkyl halides is 3. The minimum Gasteiger partial charge on any atom is -0.480 e. The summed E-state index contributed by atoms with van der Waals surface area (Å²) in [6, 6.07) is 6.99. The minimum absolute atomic E-state index is 0.0732. The van der Waals surface area contributed by atoms with Crippen LogP contribution in [0.5, 0.6) is 0 Å². The Morgan fingerprint density at radius 2 is 1.82 bits per heavy atom. The molecule has 60 heavy (non-hydrogen) atoms. The normalized spacial score (nSPS) is 18.5. The molecule has 0 spiro atoms. The van der Waals surface area contributed by atoms with E-state index in [2.05, 4.69) is 42.6 Å². The molecule has 0 aliphatic carbocycles. The third-order valence-corrected chi connectivity index (χ3v) is 11.1. The van der Waals surface area contributed by atoms with E-state index < -0.39 is 59.9 Å². The summed E-state index contributed by atoms with van der Waals surface area (Å²) in [5.74, 6) is -1.85. The Labute approximate surface area is 350 Å². The van der Waals surface area contributed by atoms with Crippen LogP contribution in [0.4, 0.5) is 18.0 Å². The number of amides is 2. The van der Waals surface area contributed by atoms with Crippen molar-refractivity contribution < 1.29 is 47.2 Å². The fourth-order valence-corrected chi connectivity index (χ4v) is 8.30. The SMILES string of the molecule is CO[C@@H](C)c1ncccc1-c1c(C(CCCO)C(C)(C)C)c2cc(C3=CCCN(C[C@H](NC(=O)OC(C)(C)C)C(=O)N4CCC[C@@H](C(=O)O)N4)C3)ccc2n1CC(F)(F)F. The van der Waals surface area contributed by atoms with Gasteiger partial charge >= 0.3 is 18.2 Å². The molecule has 3 aromatic rings. The Hall–Kier alpha value is -4.51. The number of fused-ring (bicyclic) bond motifs is 1. The zero-order valence-electron chi connectivity index (χ0n) is 36.0. The van der Waals surface area contributed by atoms with Crippen molar-refractivity contribution in [2.45, 2.75) is 123 Å². The number of alkyl carbamates (subject to hydrolysis) is 1. The minimum atomic E-state index is -4.56. The molecule has 330 valence electrons. The van der Waals surface area contributed by atoms with Gasteiger partial charge in [0, 0.05) is 62.6 Å². The van der Waals surface area contributed by atoms with Gasteiger partial charge in [0.15, 0.2) is 0 Å². The maximum absolute atomic E-state index is 14.6. The number of methoxy groups -OCH3 is 1. The fourth-order valence-electron chi connectivity index (χ4n) is 8.30. The number of carbonyl (C=O) groups is 3. The monoisotopic (exact) mass is 842 g/mol. The van der Waals surface area contributed by atoms with Crippen LogP contribution in [-0.4, -0.2) is 111 Å². The first kappa shape index (κ1) is 46.6. The molecule has 2 aliphatic rings. The fraction of sp³-hybridized carbons (Fsp3) is 0.591. The number of nitrogens with one attached hydrogen (secondary N) is 2. The number of hydrazine groups is 1. The summed E-state index contributed by atoms with van der Waals surface area (Å²) >= 11 is 0. The summed E-state index contributed by atoms with van der Waals surface area (Å²) in [5.41, 5.74) is 5.82.